The maximum Gasteiger partial charge on any atom is 0.420 e. The molecule has 0 unspecified atom stereocenters. The van der Waals surface area contributed by atoms with E-state index in [1.54, 1.807) is 99.3 Å². The van der Waals surface area contributed by atoms with Crippen LogP contribution in [0.5, 0.6) is 0 Å². The van der Waals surface area contributed by atoms with Crippen molar-refractivity contribution >= 4 is 46.9 Å². The lowest BCUT2D eigenvalue weighted by Gasteiger charge is -2.39. The van der Waals surface area contributed by atoms with Crippen LogP contribution in [0.3, 0.4) is 0 Å². The number of hydrogen-bond donors (Lipinski definition) is 1. The lowest BCUT2D eigenvalue weighted by atomic mass is 9.89. The topological polar surface area (TPSA) is 158 Å². The molecule has 5 rings (SSSR count). The van der Waals surface area contributed by atoms with Gasteiger partial charge in [-0.25, -0.2) is 38.5 Å². The average molecular weight is 816 g/mol. The molecule has 4 aromatic rings. The van der Waals surface area contributed by atoms with Crippen molar-refractivity contribution in [2.45, 2.75) is 144 Å². The Morgan fingerprint density at radius 2 is 1.39 bits per heavy atom. The number of aryl methyl sites for hydroxylation is 3. The van der Waals surface area contributed by atoms with Crippen molar-refractivity contribution in [3.8, 4) is 11.3 Å². The molecule has 14 nitrogen and oxygen atoms in total. The number of anilines is 2. The molecule has 1 aliphatic rings. The van der Waals surface area contributed by atoms with E-state index >= 15 is 0 Å². The third kappa shape index (κ3) is 11.8. The van der Waals surface area contributed by atoms with Gasteiger partial charge in [-0.3, -0.25) is 9.48 Å². The monoisotopic (exact) mass is 815 g/mol. The van der Waals surface area contributed by atoms with Crippen molar-refractivity contribution < 1.29 is 37.8 Å². The smallest absolute Gasteiger partial charge is 0.420 e. The molecule has 318 valence electrons. The number of imide groups is 1. The van der Waals surface area contributed by atoms with Crippen LogP contribution in [0, 0.1) is 12.7 Å². The number of rotatable bonds is 8. The third-order valence-electron chi connectivity index (χ3n) is 9.42. The molecule has 4 amide bonds. The van der Waals surface area contributed by atoms with Crippen LogP contribution in [0.2, 0.25) is 0 Å². The molecular formula is C44H58FN7O7. The fourth-order valence-corrected chi connectivity index (χ4v) is 7.10. The largest absolute Gasteiger partial charge is 0.443 e. The van der Waals surface area contributed by atoms with Gasteiger partial charge in [-0.15, -0.1) is 0 Å². The number of carbonyl (C=O) groups excluding carboxylic acids is 4. The zero-order valence-corrected chi connectivity index (χ0v) is 36.4. The summed E-state index contributed by atoms with van der Waals surface area (Å²) in [5, 5.41) is 8.07. The number of aromatic nitrogens is 4. The summed E-state index contributed by atoms with van der Waals surface area (Å²) in [6, 6.07) is 9.30. The predicted octanol–water partition coefficient (Wildman–Crippen LogP) is 9.45. The Bertz CT molecular complexity index is 2160. The van der Waals surface area contributed by atoms with Gasteiger partial charge in [0.15, 0.2) is 5.82 Å². The van der Waals surface area contributed by atoms with E-state index < -0.39 is 53.0 Å². The van der Waals surface area contributed by atoms with E-state index in [4.69, 9.17) is 24.2 Å². The minimum Gasteiger partial charge on any atom is -0.443 e. The zero-order chi connectivity index (χ0) is 43.6. The summed E-state index contributed by atoms with van der Waals surface area (Å²) in [7, 11) is 1.78. The van der Waals surface area contributed by atoms with Crippen LogP contribution in [-0.4, -0.2) is 77.7 Å². The van der Waals surface area contributed by atoms with E-state index in [0.29, 0.717) is 49.0 Å². The van der Waals surface area contributed by atoms with E-state index in [2.05, 4.69) is 10.4 Å². The SMILES string of the molecule is CCc1cc(-c2cc(NC(=O)Cc3cc(C)cc(F)c3)nn2C)cc2cnc(N(C(=O)OC(C)(C)C)C3CCC(N(C(=O)OC(C)(C)C)C(=O)OC(C)(C)C)CC3)nc12. The lowest BCUT2D eigenvalue weighted by molar-refractivity contribution is -0.115. The molecule has 15 heteroatoms. The number of hydrogen-bond acceptors (Lipinski definition) is 10. The predicted molar refractivity (Wildman–Crippen MR) is 224 cm³/mol. The Morgan fingerprint density at radius 1 is 0.814 bits per heavy atom. The van der Waals surface area contributed by atoms with Crippen LogP contribution >= 0.6 is 0 Å². The Labute approximate surface area is 345 Å². The normalized spacial score (nSPS) is 16.0. The number of halogens is 1. The highest BCUT2D eigenvalue weighted by atomic mass is 19.1. The highest BCUT2D eigenvalue weighted by Gasteiger charge is 2.41. The van der Waals surface area contributed by atoms with Crippen LogP contribution in [-0.2, 0) is 38.9 Å². The molecule has 0 radical (unpaired) electrons. The molecular weight excluding hydrogens is 758 g/mol. The highest BCUT2D eigenvalue weighted by molar-refractivity contribution is 5.93. The van der Waals surface area contributed by atoms with Crippen molar-refractivity contribution in [3.05, 3.63) is 65.1 Å². The van der Waals surface area contributed by atoms with Crippen LogP contribution in [0.25, 0.3) is 22.2 Å². The Morgan fingerprint density at radius 3 is 1.95 bits per heavy atom. The summed E-state index contributed by atoms with van der Waals surface area (Å²) < 4.78 is 32.7. The fourth-order valence-electron chi connectivity index (χ4n) is 7.10. The number of ether oxygens (including phenoxy) is 3. The van der Waals surface area contributed by atoms with Gasteiger partial charge in [-0.05, 0) is 142 Å². The minimum atomic E-state index is -0.836. The lowest BCUT2D eigenvalue weighted by Crippen LogP contribution is -2.52. The van der Waals surface area contributed by atoms with Crippen LogP contribution in [0.15, 0.2) is 42.6 Å². The number of amides is 4. The molecule has 2 heterocycles. The van der Waals surface area contributed by atoms with E-state index in [1.165, 1.54) is 17.0 Å². The van der Waals surface area contributed by atoms with Crippen LogP contribution in [0.4, 0.5) is 30.5 Å². The van der Waals surface area contributed by atoms with Gasteiger partial charge in [-0.1, -0.05) is 13.0 Å². The third-order valence-corrected chi connectivity index (χ3v) is 9.42. The van der Waals surface area contributed by atoms with Crippen molar-refractivity contribution in [1.82, 2.24) is 24.6 Å². The Kier molecular flexibility index (Phi) is 13.1. The second-order valence-corrected chi connectivity index (χ2v) is 18.1. The van der Waals surface area contributed by atoms with Crippen LogP contribution in [0.1, 0.15) is 112 Å². The molecule has 0 saturated heterocycles. The molecule has 0 aliphatic heterocycles. The average Bonchev–Trinajstić information content (AvgIpc) is 3.44. The number of carbonyl (C=O) groups is 4. The summed E-state index contributed by atoms with van der Waals surface area (Å²) in [5.74, 6) is -0.182. The highest BCUT2D eigenvalue weighted by Crippen LogP contribution is 2.34. The summed E-state index contributed by atoms with van der Waals surface area (Å²) in [6.07, 6.45) is 1.67. The van der Waals surface area contributed by atoms with Gasteiger partial charge >= 0.3 is 18.3 Å². The van der Waals surface area contributed by atoms with Gasteiger partial charge in [-0.2, -0.15) is 5.10 Å². The first-order chi connectivity index (χ1) is 27.4. The summed E-state index contributed by atoms with van der Waals surface area (Å²) in [5.41, 5.74) is 1.94. The molecule has 1 saturated carbocycles. The molecule has 0 bridgehead atoms. The zero-order valence-electron chi connectivity index (χ0n) is 36.4. The van der Waals surface area contributed by atoms with E-state index in [9.17, 15) is 23.6 Å². The molecule has 1 N–H and O–H groups in total. The molecule has 1 fully saturated rings. The number of nitrogens with one attached hydrogen (secondary N) is 1. The second-order valence-electron chi connectivity index (χ2n) is 18.1. The van der Waals surface area contributed by atoms with Gasteiger partial charge in [0.05, 0.1) is 17.6 Å². The maximum atomic E-state index is 14.0. The minimum absolute atomic E-state index is 0.00149. The summed E-state index contributed by atoms with van der Waals surface area (Å²) in [6.45, 7) is 19.6. The number of benzene rings is 2. The summed E-state index contributed by atoms with van der Waals surface area (Å²) in [4.78, 5) is 65.9. The van der Waals surface area contributed by atoms with Crippen molar-refractivity contribution in [2.75, 3.05) is 10.2 Å². The van der Waals surface area contributed by atoms with E-state index in [1.807, 2.05) is 19.1 Å². The van der Waals surface area contributed by atoms with E-state index in [0.717, 1.165) is 32.7 Å². The second kappa shape index (κ2) is 17.3. The molecule has 2 aromatic carbocycles. The van der Waals surface area contributed by atoms with Gasteiger partial charge in [0.1, 0.15) is 22.6 Å². The van der Waals surface area contributed by atoms with E-state index in [-0.39, 0.29) is 18.3 Å². The van der Waals surface area contributed by atoms with Gasteiger partial charge in [0, 0.05) is 42.3 Å². The summed E-state index contributed by atoms with van der Waals surface area (Å²) >= 11 is 0. The van der Waals surface area contributed by atoms with Gasteiger partial charge in [0.2, 0.25) is 11.9 Å². The Balaban J connectivity index is 1.42. The number of fused-ring (bicyclic) bond motifs is 1. The molecule has 0 atom stereocenters. The van der Waals surface area contributed by atoms with Crippen molar-refractivity contribution in [2.24, 2.45) is 7.05 Å². The first-order valence-corrected chi connectivity index (χ1v) is 20.1. The maximum absolute atomic E-state index is 14.0. The quantitative estimate of drug-likeness (QED) is 0.170. The van der Waals surface area contributed by atoms with Gasteiger partial charge in [0.25, 0.3) is 0 Å². The molecule has 2 aromatic heterocycles. The van der Waals surface area contributed by atoms with Crippen LogP contribution < -0.4 is 10.2 Å². The standard InChI is InChI=1S/C44H58FN7O7/c1-13-28-22-29(34-24-35(49-50(34)12)47-36(53)21-27-18-26(2)19-31(45)20-27)23-30-25-46-38(48-37(28)30)51(39(54)57-42(3,4)5)32-14-16-33(17-15-32)52(40(55)58-43(6,7)8)41(56)59-44(9,10)11/h18-20,22-25,32-33H,13-17,21H2,1-12H3,(H,47,49,53). The molecule has 1 aliphatic carbocycles. The Hall–Kier alpha value is -5.60. The first-order valence-electron chi connectivity index (χ1n) is 20.1. The fraction of sp³-hybridized carbons (Fsp3) is 0.523. The van der Waals surface area contributed by atoms with Crippen molar-refractivity contribution in [3.63, 3.8) is 0 Å². The van der Waals surface area contributed by atoms with Crippen molar-refractivity contribution in [1.29, 1.82) is 0 Å². The number of nitrogens with zero attached hydrogens (tertiary/aromatic N) is 6. The van der Waals surface area contributed by atoms with Gasteiger partial charge < -0.3 is 19.5 Å². The molecule has 59 heavy (non-hydrogen) atoms. The first kappa shape index (κ1) is 44.5. The molecule has 0 spiro atoms.